The van der Waals surface area contributed by atoms with Crippen molar-refractivity contribution in [1.29, 1.82) is 0 Å². The van der Waals surface area contributed by atoms with Crippen LogP contribution in [0.15, 0.2) is 0 Å². The van der Waals surface area contributed by atoms with Crippen LogP contribution in [-0.4, -0.2) is 33.4 Å². The monoisotopic (exact) mass is 296 g/mol. The van der Waals surface area contributed by atoms with Crippen molar-refractivity contribution in [3.8, 4) is 0 Å². The highest BCUT2D eigenvalue weighted by atomic mass is 32.1. The van der Waals surface area contributed by atoms with Crippen molar-refractivity contribution in [3.05, 3.63) is 10.6 Å². The molecule has 1 atom stereocenters. The Morgan fingerprint density at radius 3 is 2.85 bits per heavy atom. The normalized spacial score (nSPS) is 12.8. The third kappa shape index (κ3) is 2.51. The minimum absolute atomic E-state index is 0.0312. The molecule has 0 bridgehead atoms. The van der Waals surface area contributed by atoms with Gasteiger partial charge in [0.25, 0.3) is 5.91 Å². The van der Waals surface area contributed by atoms with Gasteiger partial charge >= 0.3 is 0 Å². The Hall–Kier alpha value is -1.60. The number of fused-ring (bicyclic) bond motifs is 1. The van der Waals surface area contributed by atoms with Gasteiger partial charge in [-0.1, -0.05) is 6.92 Å². The first-order valence-electron chi connectivity index (χ1n) is 6.62. The molecule has 0 saturated heterocycles. The molecule has 7 heteroatoms. The van der Waals surface area contributed by atoms with Crippen LogP contribution < -0.4 is 11.1 Å². The Kier molecular flexibility index (Phi) is 4.29. The Morgan fingerprint density at radius 2 is 2.30 bits per heavy atom. The molecule has 0 radical (unpaired) electrons. The van der Waals surface area contributed by atoms with Gasteiger partial charge in [-0.15, -0.1) is 11.3 Å². The van der Waals surface area contributed by atoms with Crippen LogP contribution in [0.25, 0.3) is 10.2 Å². The van der Waals surface area contributed by atoms with Gasteiger partial charge in [0.2, 0.25) is 0 Å². The third-order valence-electron chi connectivity index (χ3n) is 3.39. The maximum absolute atomic E-state index is 12.3. The standard InChI is InChI=1S/C13H20N4O2S/c1-4-8(5-6-18)15-12(19)11-10(14)9-7(2)16-17(3)13(9)20-11/h8,18H,4-6,14H2,1-3H3,(H,15,19). The predicted octanol–water partition coefficient (Wildman–Crippen LogP) is 1.42. The number of aliphatic hydroxyl groups excluding tert-OH is 1. The van der Waals surface area contributed by atoms with Gasteiger partial charge in [0.05, 0.1) is 16.8 Å². The lowest BCUT2D eigenvalue weighted by atomic mass is 10.1. The number of anilines is 1. The Balaban J connectivity index is 2.31. The van der Waals surface area contributed by atoms with Crippen LogP contribution >= 0.6 is 11.3 Å². The fourth-order valence-electron chi connectivity index (χ4n) is 2.28. The molecule has 2 aromatic heterocycles. The van der Waals surface area contributed by atoms with Gasteiger partial charge in [-0.3, -0.25) is 9.48 Å². The first-order chi connectivity index (χ1) is 9.49. The van der Waals surface area contributed by atoms with Crippen LogP contribution in [0.4, 0.5) is 5.69 Å². The number of thiophene rings is 1. The molecule has 4 N–H and O–H groups in total. The van der Waals surface area contributed by atoms with Crippen molar-refractivity contribution in [2.24, 2.45) is 7.05 Å². The van der Waals surface area contributed by atoms with Gasteiger partial charge < -0.3 is 16.2 Å². The summed E-state index contributed by atoms with van der Waals surface area (Å²) in [5.41, 5.74) is 7.42. The SMILES string of the molecule is CCC(CCO)NC(=O)c1sc2c(c(C)nn2C)c1N. The van der Waals surface area contributed by atoms with Gasteiger partial charge in [0.1, 0.15) is 9.71 Å². The van der Waals surface area contributed by atoms with E-state index in [2.05, 4.69) is 10.4 Å². The number of rotatable bonds is 5. The van der Waals surface area contributed by atoms with E-state index in [1.807, 2.05) is 20.9 Å². The number of carbonyl (C=O) groups excluding carboxylic acids is 1. The van der Waals surface area contributed by atoms with Crippen molar-refractivity contribution >= 4 is 33.1 Å². The molecule has 0 saturated carbocycles. The number of carbonyl (C=O) groups is 1. The summed E-state index contributed by atoms with van der Waals surface area (Å²) < 4.78 is 1.74. The molecule has 0 fully saturated rings. The number of nitrogens with zero attached hydrogens (tertiary/aromatic N) is 2. The average molecular weight is 296 g/mol. The van der Waals surface area contributed by atoms with E-state index < -0.39 is 0 Å². The van der Waals surface area contributed by atoms with Crippen LogP contribution in [0.3, 0.4) is 0 Å². The van der Waals surface area contributed by atoms with Crippen molar-refractivity contribution in [3.63, 3.8) is 0 Å². The molecule has 2 rings (SSSR count). The molecule has 0 spiro atoms. The van der Waals surface area contributed by atoms with E-state index in [9.17, 15) is 4.79 Å². The second-order valence-corrected chi connectivity index (χ2v) is 5.82. The molecule has 0 aliphatic rings. The number of aromatic nitrogens is 2. The molecule has 6 nitrogen and oxygen atoms in total. The molecule has 0 aromatic carbocycles. The number of hydrogen-bond acceptors (Lipinski definition) is 5. The van der Waals surface area contributed by atoms with Gasteiger partial charge in [-0.05, 0) is 19.8 Å². The number of aryl methyl sites for hydroxylation is 2. The second-order valence-electron chi connectivity index (χ2n) is 4.82. The molecule has 110 valence electrons. The summed E-state index contributed by atoms with van der Waals surface area (Å²) in [7, 11) is 1.84. The largest absolute Gasteiger partial charge is 0.397 e. The second kappa shape index (κ2) is 5.80. The molecule has 0 aliphatic heterocycles. The zero-order valence-corrected chi connectivity index (χ0v) is 12.8. The fourth-order valence-corrected chi connectivity index (χ4v) is 3.37. The predicted molar refractivity (Wildman–Crippen MR) is 81.0 cm³/mol. The fraction of sp³-hybridized carbons (Fsp3) is 0.538. The average Bonchev–Trinajstić information content (AvgIpc) is 2.88. The Bertz CT molecular complexity index is 632. The lowest BCUT2D eigenvalue weighted by Gasteiger charge is -2.15. The quantitative estimate of drug-likeness (QED) is 0.778. The Morgan fingerprint density at radius 1 is 1.60 bits per heavy atom. The first-order valence-corrected chi connectivity index (χ1v) is 7.44. The summed E-state index contributed by atoms with van der Waals surface area (Å²) in [6.07, 6.45) is 1.32. The number of aliphatic hydroxyl groups is 1. The smallest absolute Gasteiger partial charge is 0.263 e. The van der Waals surface area contributed by atoms with Crippen LogP contribution in [0.2, 0.25) is 0 Å². The molecule has 1 unspecified atom stereocenters. The zero-order valence-electron chi connectivity index (χ0n) is 11.9. The summed E-state index contributed by atoms with van der Waals surface area (Å²) in [5, 5.41) is 17.1. The third-order valence-corrected chi connectivity index (χ3v) is 4.67. The first kappa shape index (κ1) is 14.8. The summed E-state index contributed by atoms with van der Waals surface area (Å²) >= 11 is 1.35. The molecular weight excluding hydrogens is 276 g/mol. The summed E-state index contributed by atoms with van der Waals surface area (Å²) in [6, 6.07) is -0.0312. The Labute approximate surface area is 121 Å². The van der Waals surface area contributed by atoms with E-state index >= 15 is 0 Å². The van der Waals surface area contributed by atoms with Crippen LogP contribution in [-0.2, 0) is 7.05 Å². The van der Waals surface area contributed by atoms with E-state index in [1.165, 1.54) is 11.3 Å². The number of hydrogen-bond donors (Lipinski definition) is 3. The van der Waals surface area contributed by atoms with Gasteiger partial charge in [0, 0.05) is 19.7 Å². The molecule has 2 heterocycles. The topological polar surface area (TPSA) is 93.2 Å². The molecule has 1 amide bonds. The minimum Gasteiger partial charge on any atom is -0.397 e. The lowest BCUT2D eigenvalue weighted by molar-refractivity contribution is 0.0934. The van der Waals surface area contributed by atoms with Gasteiger partial charge in [-0.2, -0.15) is 5.10 Å². The van der Waals surface area contributed by atoms with Crippen molar-refractivity contribution < 1.29 is 9.90 Å². The maximum atomic E-state index is 12.3. The molecule has 0 aliphatic carbocycles. The van der Waals surface area contributed by atoms with E-state index in [4.69, 9.17) is 10.8 Å². The molecular formula is C13H20N4O2S. The van der Waals surface area contributed by atoms with Crippen LogP contribution in [0, 0.1) is 6.92 Å². The highest BCUT2D eigenvalue weighted by Gasteiger charge is 2.22. The summed E-state index contributed by atoms with van der Waals surface area (Å²) in [6.45, 7) is 3.92. The number of nitrogens with one attached hydrogen (secondary N) is 1. The number of amides is 1. The summed E-state index contributed by atoms with van der Waals surface area (Å²) in [4.78, 5) is 13.7. The number of nitrogen functional groups attached to an aromatic ring is 1. The van der Waals surface area contributed by atoms with E-state index in [0.717, 1.165) is 22.3 Å². The van der Waals surface area contributed by atoms with Crippen molar-refractivity contribution in [2.45, 2.75) is 32.7 Å². The minimum atomic E-state index is -0.177. The highest BCUT2D eigenvalue weighted by molar-refractivity contribution is 7.21. The van der Waals surface area contributed by atoms with E-state index in [-0.39, 0.29) is 18.6 Å². The maximum Gasteiger partial charge on any atom is 0.263 e. The van der Waals surface area contributed by atoms with Crippen LogP contribution in [0.5, 0.6) is 0 Å². The van der Waals surface area contributed by atoms with E-state index in [1.54, 1.807) is 4.68 Å². The van der Waals surface area contributed by atoms with Gasteiger partial charge in [-0.25, -0.2) is 0 Å². The zero-order chi connectivity index (χ0) is 14.9. The van der Waals surface area contributed by atoms with Crippen molar-refractivity contribution in [2.75, 3.05) is 12.3 Å². The van der Waals surface area contributed by atoms with Crippen LogP contribution in [0.1, 0.15) is 35.1 Å². The molecule has 20 heavy (non-hydrogen) atoms. The summed E-state index contributed by atoms with van der Waals surface area (Å²) in [5.74, 6) is -0.177. The lowest BCUT2D eigenvalue weighted by Crippen LogP contribution is -2.34. The van der Waals surface area contributed by atoms with E-state index in [0.29, 0.717) is 17.0 Å². The van der Waals surface area contributed by atoms with Crippen molar-refractivity contribution in [1.82, 2.24) is 15.1 Å². The molecule has 2 aromatic rings. The van der Waals surface area contributed by atoms with Gasteiger partial charge in [0.15, 0.2) is 0 Å². The number of nitrogens with two attached hydrogens (primary N) is 1. The highest BCUT2D eigenvalue weighted by Crippen LogP contribution is 2.35.